The number of nitrogens with two attached hydrogens (primary N) is 1. The van der Waals surface area contributed by atoms with Gasteiger partial charge in [0, 0.05) is 5.56 Å². The van der Waals surface area contributed by atoms with E-state index in [1.165, 1.54) is 23.5 Å². The summed E-state index contributed by atoms with van der Waals surface area (Å²) in [4.78, 5) is 0. The molecule has 0 amide bonds. The zero-order chi connectivity index (χ0) is 14.0. The van der Waals surface area contributed by atoms with Gasteiger partial charge in [0.15, 0.2) is 11.6 Å². The number of thiophene rings is 1. The SMILES string of the molecule is NNC(Cc1cccc(F)c1F)c1cc(Cl)sc1Cl. The van der Waals surface area contributed by atoms with E-state index in [0.29, 0.717) is 14.2 Å². The zero-order valence-electron chi connectivity index (χ0n) is 9.59. The Morgan fingerprint density at radius 1 is 1.32 bits per heavy atom. The minimum atomic E-state index is -0.886. The largest absolute Gasteiger partial charge is 0.271 e. The first kappa shape index (κ1) is 14.7. The maximum Gasteiger partial charge on any atom is 0.162 e. The van der Waals surface area contributed by atoms with Crippen molar-refractivity contribution in [3.8, 4) is 0 Å². The zero-order valence-corrected chi connectivity index (χ0v) is 11.9. The standard InChI is InChI=1S/C12H10Cl2F2N2S/c13-10-5-7(12(14)19-10)9(18-17)4-6-2-1-3-8(15)11(6)16/h1-3,5,9,18H,4,17H2. The first-order chi connectivity index (χ1) is 9.02. The van der Waals surface area contributed by atoms with Gasteiger partial charge >= 0.3 is 0 Å². The topological polar surface area (TPSA) is 38.0 Å². The van der Waals surface area contributed by atoms with Crippen LogP contribution in [0.1, 0.15) is 17.2 Å². The number of halogens is 4. The summed E-state index contributed by atoms with van der Waals surface area (Å²) >= 11 is 13.1. The van der Waals surface area contributed by atoms with Gasteiger partial charge in [0.1, 0.15) is 0 Å². The monoisotopic (exact) mass is 322 g/mol. The molecule has 0 spiro atoms. The molecule has 2 aromatic rings. The minimum Gasteiger partial charge on any atom is -0.271 e. The predicted molar refractivity (Wildman–Crippen MR) is 74.5 cm³/mol. The fraction of sp³-hybridized carbons (Fsp3) is 0.167. The van der Waals surface area contributed by atoms with Gasteiger partial charge in [0.2, 0.25) is 0 Å². The van der Waals surface area contributed by atoms with E-state index in [-0.39, 0.29) is 12.0 Å². The number of nitrogens with one attached hydrogen (secondary N) is 1. The third-order valence-corrected chi connectivity index (χ3v) is 4.23. The summed E-state index contributed by atoms with van der Waals surface area (Å²) in [5, 5.41) is 0. The van der Waals surface area contributed by atoms with E-state index in [4.69, 9.17) is 29.0 Å². The molecule has 0 saturated carbocycles. The van der Waals surface area contributed by atoms with E-state index >= 15 is 0 Å². The number of hydrogen-bond acceptors (Lipinski definition) is 3. The lowest BCUT2D eigenvalue weighted by Crippen LogP contribution is -2.29. The average molecular weight is 323 g/mol. The molecule has 1 aromatic heterocycles. The Morgan fingerprint density at radius 2 is 2.05 bits per heavy atom. The fourth-order valence-electron chi connectivity index (χ4n) is 1.78. The van der Waals surface area contributed by atoms with Gasteiger partial charge in [-0.15, -0.1) is 11.3 Å². The third-order valence-electron chi connectivity index (χ3n) is 2.72. The molecule has 102 valence electrons. The van der Waals surface area contributed by atoms with Crippen LogP contribution in [0.15, 0.2) is 24.3 Å². The third kappa shape index (κ3) is 3.24. The molecule has 0 bridgehead atoms. The first-order valence-corrected chi connectivity index (χ1v) is 6.94. The van der Waals surface area contributed by atoms with Crippen LogP contribution in [-0.2, 0) is 6.42 Å². The molecule has 7 heteroatoms. The summed E-state index contributed by atoms with van der Waals surface area (Å²) in [7, 11) is 0. The van der Waals surface area contributed by atoms with Crippen molar-refractivity contribution in [3.05, 3.63) is 55.7 Å². The van der Waals surface area contributed by atoms with Crippen LogP contribution < -0.4 is 11.3 Å². The lowest BCUT2D eigenvalue weighted by atomic mass is 10.0. The van der Waals surface area contributed by atoms with Crippen LogP contribution in [0.3, 0.4) is 0 Å². The van der Waals surface area contributed by atoms with Gasteiger partial charge in [-0.05, 0) is 24.1 Å². The highest BCUT2D eigenvalue weighted by Crippen LogP contribution is 2.36. The highest BCUT2D eigenvalue weighted by atomic mass is 35.5. The van der Waals surface area contributed by atoms with Crippen LogP contribution in [-0.4, -0.2) is 0 Å². The minimum absolute atomic E-state index is 0.173. The molecule has 2 rings (SSSR count). The fourth-order valence-corrected chi connectivity index (χ4v) is 3.35. The summed E-state index contributed by atoms with van der Waals surface area (Å²) in [6.07, 6.45) is 0.173. The van der Waals surface area contributed by atoms with Crippen LogP contribution in [0.5, 0.6) is 0 Å². The number of hydrazine groups is 1. The summed E-state index contributed by atoms with van der Waals surface area (Å²) < 4.78 is 27.8. The van der Waals surface area contributed by atoms with E-state index in [9.17, 15) is 8.78 Å². The van der Waals surface area contributed by atoms with Crippen molar-refractivity contribution < 1.29 is 8.78 Å². The number of rotatable bonds is 4. The summed E-state index contributed by atoms with van der Waals surface area (Å²) in [6.45, 7) is 0. The number of benzene rings is 1. The summed E-state index contributed by atoms with van der Waals surface area (Å²) in [6, 6.07) is 5.25. The lowest BCUT2D eigenvalue weighted by molar-refractivity contribution is 0.481. The highest BCUT2D eigenvalue weighted by Gasteiger charge is 2.19. The van der Waals surface area contributed by atoms with Crippen molar-refractivity contribution in [1.82, 2.24) is 5.43 Å². The average Bonchev–Trinajstić information content (AvgIpc) is 2.70. The van der Waals surface area contributed by atoms with Crippen LogP contribution in [0.25, 0.3) is 0 Å². The van der Waals surface area contributed by atoms with Gasteiger partial charge in [0.25, 0.3) is 0 Å². The molecule has 0 radical (unpaired) electrons. The van der Waals surface area contributed by atoms with E-state index in [0.717, 1.165) is 6.07 Å². The van der Waals surface area contributed by atoms with Gasteiger partial charge in [0.05, 0.1) is 14.7 Å². The van der Waals surface area contributed by atoms with Crippen molar-refractivity contribution in [2.24, 2.45) is 5.84 Å². The Morgan fingerprint density at radius 3 is 2.63 bits per heavy atom. The Hall–Kier alpha value is -0.720. The van der Waals surface area contributed by atoms with Gasteiger partial charge in [-0.2, -0.15) is 0 Å². The summed E-state index contributed by atoms with van der Waals surface area (Å²) in [5.41, 5.74) is 3.43. The van der Waals surface area contributed by atoms with E-state index < -0.39 is 17.7 Å². The van der Waals surface area contributed by atoms with Gasteiger partial charge < -0.3 is 0 Å². The molecular formula is C12H10Cl2F2N2S. The molecule has 1 heterocycles. The van der Waals surface area contributed by atoms with E-state index in [2.05, 4.69) is 5.43 Å². The smallest absolute Gasteiger partial charge is 0.162 e. The van der Waals surface area contributed by atoms with Crippen molar-refractivity contribution >= 4 is 34.5 Å². The lowest BCUT2D eigenvalue weighted by Gasteiger charge is -2.16. The Kier molecular flexibility index (Phi) is 4.76. The van der Waals surface area contributed by atoms with Crippen molar-refractivity contribution in [1.29, 1.82) is 0 Å². The van der Waals surface area contributed by atoms with Crippen molar-refractivity contribution in [2.45, 2.75) is 12.5 Å². The van der Waals surface area contributed by atoms with Crippen LogP contribution in [0, 0.1) is 11.6 Å². The molecule has 19 heavy (non-hydrogen) atoms. The molecule has 1 atom stereocenters. The second-order valence-electron chi connectivity index (χ2n) is 3.92. The van der Waals surface area contributed by atoms with Gasteiger partial charge in [-0.1, -0.05) is 35.3 Å². The van der Waals surface area contributed by atoms with E-state index in [1.807, 2.05) is 0 Å². The van der Waals surface area contributed by atoms with Gasteiger partial charge in [-0.25, -0.2) is 8.78 Å². The predicted octanol–water partition coefficient (Wildman–Crippen LogP) is 4.08. The maximum absolute atomic E-state index is 13.6. The molecule has 0 aliphatic heterocycles. The molecular weight excluding hydrogens is 313 g/mol. The highest BCUT2D eigenvalue weighted by molar-refractivity contribution is 7.20. The molecule has 1 aromatic carbocycles. The molecule has 0 fully saturated rings. The summed E-state index contributed by atoms with van der Waals surface area (Å²) in [5.74, 6) is 3.69. The molecule has 3 N–H and O–H groups in total. The van der Waals surface area contributed by atoms with Crippen molar-refractivity contribution in [3.63, 3.8) is 0 Å². The quantitative estimate of drug-likeness (QED) is 0.657. The molecule has 0 aliphatic rings. The Balaban J connectivity index is 2.29. The second kappa shape index (κ2) is 6.15. The normalized spacial score (nSPS) is 12.7. The first-order valence-electron chi connectivity index (χ1n) is 5.36. The second-order valence-corrected chi connectivity index (χ2v) is 6.20. The van der Waals surface area contributed by atoms with Gasteiger partial charge in [-0.3, -0.25) is 11.3 Å². The molecule has 0 aliphatic carbocycles. The molecule has 0 saturated heterocycles. The van der Waals surface area contributed by atoms with Crippen molar-refractivity contribution in [2.75, 3.05) is 0 Å². The molecule has 2 nitrogen and oxygen atoms in total. The Labute approximate surface area is 123 Å². The number of hydrogen-bond donors (Lipinski definition) is 2. The van der Waals surface area contributed by atoms with Crippen LogP contribution in [0.4, 0.5) is 8.78 Å². The van der Waals surface area contributed by atoms with Crippen LogP contribution in [0.2, 0.25) is 8.67 Å². The molecule has 1 unspecified atom stereocenters. The van der Waals surface area contributed by atoms with Crippen LogP contribution >= 0.6 is 34.5 Å². The Bertz CT molecular complexity index is 589. The maximum atomic E-state index is 13.6. The van der Waals surface area contributed by atoms with E-state index in [1.54, 1.807) is 6.07 Å².